The van der Waals surface area contributed by atoms with Crippen molar-refractivity contribution in [1.29, 1.82) is 0 Å². The van der Waals surface area contributed by atoms with Gasteiger partial charge in [0.1, 0.15) is 5.76 Å². The Bertz CT molecular complexity index is 407. The molecule has 2 atom stereocenters. The lowest BCUT2D eigenvalue weighted by molar-refractivity contribution is -0.123. The van der Waals surface area contributed by atoms with Gasteiger partial charge >= 0.3 is 0 Å². The Morgan fingerprint density at radius 3 is 2.78 bits per heavy atom. The van der Waals surface area contributed by atoms with Crippen molar-refractivity contribution >= 4 is 5.91 Å². The highest BCUT2D eigenvalue weighted by Gasteiger charge is 2.46. The third kappa shape index (κ3) is 2.43. The van der Waals surface area contributed by atoms with Gasteiger partial charge in [0.25, 0.3) is 0 Å². The first-order valence-electron chi connectivity index (χ1n) is 6.76. The summed E-state index contributed by atoms with van der Waals surface area (Å²) in [6.45, 7) is 0. The Kier molecular flexibility index (Phi) is 3.12. The van der Waals surface area contributed by atoms with E-state index in [-0.39, 0.29) is 29.9 Å². The van der Waals surface area contributed by atoms with Crippen LogP contribution < -0.4 is 5.32 Å². The molecule has 4 nitrogen and oxygen atoms in total. The number of aliphatic hydroxyl groups excluding tert-OH is 1. The van der Waals surface area contributed by atoms with E-state index in [9.17, 15) is 9.90 Å². The molecule has 0 aliphatic heterocycles. The van der Waals surface area contributed by atoms with Crippen molar-refractivity contribution in [3.63, 3.8) is 0 Å². The summed E-state index contributed by atoms with van der Waals surface area (Å²) in [5.41, 5.74) is 0. The maximum atomic E-state index is 12.0. The lowest BCUT2D eigenvalue weighted by Crippen LogP contribution is -2.39. The standard InChI is InChI=1S/C14H19NO3/c16-10-5-3-9(4-6-10)15-14(17)12-8-11(12)13-2-1-7-18-13/h1-2,7,9-12,16H,3-6,8H2,(H,15,17). The predicted molar refractivity (Wildman–Crippen MR) is 66.0 cm³/mol. The lowest BCUT2D eigenvalue weighted by Gasteiger charge is -2.26. The highest BCUT2D eigenvalue weighted by Crippen LogP contribution is 2.47. The normalized spacial score (nSPS) is 35.2. The minimum Gasteiger partial charge on any atom is -0.469 e. The van der Waals surface area contributed by atoms with Gasteiger partial charge in [0.2, 0.25) is 5.91 Å². The number of furan rings is 1. The summed E-state index contributed by atoms with van der Waals surface area (Å²) >= 11 is 0. The molecule has 2 unspecified atom stereocenters. The van der Waals surface area contributed by atoms with Crippen LogP contribution in [0.2, 0.25) is 0 Å². The second kappa shape index (κ2) is 4.76. The Hall–Kier alpha value is -1.29. The second-order valence-corrected chi connectivity index (χ2v) is 5.48. The van der Waals surface area contributed by atoms with Crippen LogP contribution in [0.3, 0.4) is 0 Å². The van der Waals surface area contributed by atoms with Gasteiger partial charge in [-0.1, -0.05) is 0 Å². The fourth-order valence-corrected chi connectivity index (χ4v) is 2.83. The minimum absolute atomic E-state index is 0.0861. The first-order valence-corrected chi connectivity index (χ1v) is 6.76. The molecule has 1 aromatic heterocycles. The number of aliphatic hydroxyl groups is 1. The van der Waals surface area contributed by atoms with Crippen LogP contribution in [0.25, 0.3) is 0 Å². The van der Waals surface area contributed by atoms with Crippen molar-refractivity contribution in [2.24, 2.45) is 5.92 Å². The van der Waals surface area contributed by atoms with E-state index in [1.165, 1.54) is 0 Å². The van der Waals surface area contributed by atoms with Gasteiger partial charge in [-0.3, -0.25) is 4.79 Å². The molecule has 1 amide bonds. The van der Waals surface area contributed by atoms with Crippen molar-refractivity contribution in [1.82, 2.24) is 5.32 Å². The quantitative estimate of drug-likeness (QED) is 0.858. The van der Waals surface area contributed by atoms with Crippen LogP contribution >= 0.6 is 0 Å². The summed E-state index contributed by atoms with van der Waals surface area (Å²) in [6, 6.07) is 4.05. The molecule has 0 radical (unpaired) electrons. The van der Waals surface area contributed by atoms with Crippen LogP contribution in [0.15, 0.2) is 22.8 Å². The highest BCUT2D eigenvalue weighted by atomic mass is 16.3. The van der Waals surface area contributed by atoms with Gasteiger partial charge < -0.3 is 14.8 Å². The van der Waals surface area contributed by atoms with E-state index in [2.05, 4.69) is 5.32 Å². The van der Waals surface area contributed by atoms with Crippen LogP contribution in [0.5, 0.6) is 0 Å². The van der Waals surface area contributed by atoms with Crippen molar-refractivity contribution < 1.29 is 14.3 Å². The largest absolute Gasteiger partial charge is 0.469 e. The van der Waals surface area contributed by atoms with Gasteiger partial charge in [0.05, 0.1) is 12.4 Å². The summed E-state index contributed by atoms with van der Waals surface area (Å²) in [5.74, 6) is 1.43. The average molecular weight is 249 g/mol. The average Bonchev–Trinajstić information content (AvgIpc) is 2.99. The molecule has 2 aliphatic rings. The molecule has 2 saturated carbocycles. The molecule has 3 rings (SSSR count). The number of carbonyl (C=O) groups is 1. The van der Waals surface area contributed by atoms with Gasteiger partial charge in [-0.15, -0.1) is 0 Å². The second-order valence-electron chi connectivity index (χ2n) is 5.48. The zero-order valence-electron chi connectivity index (χ0n) is 10.3. The number of hydrogen-bond acceptors (Lipinski definition) is 3. The number of amides is 1. The van der Waals surface area contributed by atoms with Gasteiger partial charge in [0, 0.05) is 17.9 Å². The van der Waals surface area contributed by atoms with Crippen molar-refractivity contribution in [3.05, 3.63) is 24.2 Å². The Morgan fingerprint density at radius 2 is 2.11 bits per heavy atom. The zero-order chi connectivity index (χ0) is 12.5. The summed E-state index contributed by atoms with van der Waals surface area (Å²) in [6.07, 6.45) is 5.78. The first-order chi connectivity index (χ1) is 8.74. The van der Waals surface area contributed by atoms with Crippen molar-refractivity contribution in [2.75, 3.05) is 0 Å². The van der Waals surface area contributed by atoms with Crippen LogP contribution in [-0.4, -0.2) is 23.2 Å². The van der Waals surface area contributed by atoms with Crippen LogP contribution in [0, 0.1) is 5.92 Å². The number of carbonyl (C=O) groups excluding carboxylic acids is 1. The molecule has 98 valence electrons. The topological polar surface area (TPSA) is 62.5 Å². The first kappa shape index (κ1) is 11.8. The summed E-state index contributed by atoms with van der Waals surface area (Å²) in [7, 11) is 0. The van der Waals surface area contributed by atoms with E-state index in [0.717, 1.165) is 37.9 Å². The van der Waals surface area contributed by atoms with Gasteiger partial charge in [-0.2, -0.15) is 0 Å². The Balaban J connectivity index is 1.49. The number of hydrogen-bond donors (Lipinski definition) is 2. The minimum atomic E-state index is -0.171. The highest BCUT2D eigenvalue weighted by molar-refractivity contribution is 5.82. The third-order valence-electron chi connectivity index (χ3n) is 4.08. The van der Waals surface area contributed by atoms with E-state index in [0.29, 0.717) is 0 Å². The summed E-state index contributed by atoms with van der Waals surface area (Å²) in [4.78, 5) is 12.0. The molecule has 0 spiro atoms. The molecule has 0 aromatic carbocycles. The molecule has 1 aromatic rings. The fraction of sp³-hybridized carbons (Fsp3) is 0.643. The molecule has 2 N–H and O–H groups in total. The molecule has 0 bridgehead atoms. The molecule has 2 aliphatic carbocycles. The molecular weight excluding hydrogens is 230 g/mol. The summed E-state index contributed by atoms with van der Waals surface area (Å²) in [5, 5.41) is 12.5. The molecule has 1 heterocycles. The van der Waals surface area contributed by atoms with Crippen molar-refractivity contribution in [2.45, 2.75) is 50.2 Å². The number of nitrogens with one attached hydrogen (secondary N) is 1. The van der Waals surface area contributed by atoms with E-state index in [4.69, 9.17) is 4.42 Å². The molecular formula is C14H19NO3. The molecule has 2 fully saturated rings. The van der Waals surface area contributed by atoms with Gasteiger partial charge in [-0.25, -0.2) is 0 Å². The van der Waals surface area contributed by atoms with Crippen LogP contribution in [0.4, 0.5) is 0 Å². The van der Waals surface area contributed by atoms with Gasteiger partial charge in [-0.05, 0) is 44.2 Å². The molecule has 18 heavy (non-hydrogen) atoms. The Labute approximate surface area is 106 Å². The Morgan fingerprint density at radius 1 is 1.33 bits per heavy atom. The van der Waals surface area contributed by atoms with Crippen LogP contribution in [0.1, 0.15) is 43.8 Å². The maximum Gasteiger partial charge on any atom is 0.224 e. The monoisotopic (exact) mass is 249 g/mol. The SMILES string of the molecule is O=C(NC1CCC(O)CC1)C1CC1c1ccco1. The predicted octanol–water partition coefficient (Wildman–Crippen LogP) is 1.80. The summed E-state index contributed by atoms with van der Waals surface area (Å²) < 4.78 is 5.33. The van der Waals surface area contributed by atoms with E-state index < -0.39 is 0 Å². The maximum absolute atomic E-state index is 12.0. The number of rotatable bonds is 3. The fourth-order valence-electron chi connectivity index (χ4n) is 2.83. The lowest BCUT2D eigenvalue weighted by atomic mass is 9.93. The molecule has 0 saturated heterocycles. The van der Waals surface area contributed by atoms with E-state index >= 15 is 0 Å². The van der Waals surface area contributed by atoms with Crippen molar-refractivity contribution in [3.8, 4) is 0 Å². The third-order valence-corrected chi connectivity index (χ3v) is 4.08. The van der Waals surface area contributed by atoms with Gasteiger partial charge in [0.15, 0.2) is 0 Å². The zero-order valence-corrected chi connectivity index (χ0v) is 10.3. The van der Waals surface area contributed by atoms with Crippen LogP contribution in [-0.2, 0) is 4.79 Å². The molecule has 4 heteroatoms. The van der Waals surface area contributed by atoms with E-state index in [1.54, 1.807) is 6.26 Å². The van der Waals surface area contributed by atoms with E-state index in [1.807, 2.05) is 12.1 Å². The smallest absolute Gasteiger partial charge is 0.224 e.